The fourth-order valence-corrected chi connectivity index (χ4v) is 1.73. The van der Waals surface area contributed by atoms with E-state index >= 15 is 0 Å². The second kappa shape index (κ2) is 6.74. The molecule has 3 N–H and O–H groups in total. The van der Waals surface area contributed by atoms with E-state index < -0.39 is 11.7 Å². The van der Waals surface area contributed by atoms with Crippen LogP contribution in [0.2, 0.25) is 0 Å². The van der Waals surface area contributed by atoms with Gasteiger partial charge in [-0.05, 0) is 48.9 Å². The quantitative estimate of drug-likeness (QED) is 0.828. The number of amides is 1. The lowest BCUT2D eigenvalue weighted by Gasteiger charge is -2.08. The molecule has 0 aliphatic carbocycles. The molecule has 0 aliphatic rings. The molecule has 21 heavy (non-hydrogen) atoms. The van der Waals surface area contributed by atoms with Crippen molar-refractivity contribution in [3.05, 3.63) is 53.8 Å². The highest BCUT2D eigenvalue weighted by Gasteiger charge is 2.08. The van der Waals surface area contributed by atoms with E-state index in [0.717, 1.165) is 18.2 Å². The van der Waals surface area contributed by atoms with Crippen LogP contribution < -0.4 is 15.8 Å². The second-order valence-electron chi connectivity index (χ2n) is 4.56. The Labute approximate surface area is 122 Å². The van der Waals surface area contributed by atoms with Gasteiger partial charge in [0.2, 0.25) is 0 Å². The van der Waals surface area contributed by atoms with Crippen molar-refractivity contribution in [2.45, 2.75) is 13.3 Å². The van der Waals surface area contributed by atoms with E-state index in [0.29, 0.717) is 12.3 Å². The van der Waals surface area contributed by atoms with Gasteiger partial charge in [0.25, 0.3) is 5.91 Å². The van der Waals surface area contributed by atoms with E-state index in [1.165, 1.54) is 12.1 Å². The van der Waals surface area contributed by atoms with Crippen LogP contribution >= 0.6 is 0 Å². The summed E-state index contributed by atoms with van der Waals surface area (Å²) in [5.41, 5.74) is 6.22. The van der Waals surface area contributed by atoms with Gasteiger partial charge >= 0.3 is 0 Å². The summed E-state index contributed by atoms with van der Waals surface area (Å²) < 4.78 is 18.8. The smallest absolute Gasteiger partial charge is 0.255 e. The lowest BCUT2D eigenvalue weighted by Crippen LogP contribution is -2.12. The number of nitrogens with one attached hydrogen (secondary N) is 1. The van der Waals surface area contributed by atoms with Crippen LogP contribution in [0.25, 0.3) is 0 Å². The fourth-order valence-electron chi connectivity index (χ4n) is 1.73. The van der Waals surface area contributed by atoms with Crippen molar-refractivity contribution in [1.82, 2.24) is 0 Å². The average molecular weight is 288 g/mol. The molecular formula is C16H17FN2O2. The van der Waals surface area contributed by atoms with E-state index in [1.54, 1.807) is 24.3 Å². The second-order valence-corrected chi connectivity index (χ2v) is 4.56. The minimum absolute atomic E-state index is 0.0176. The summed E-state index contributed by atoms with van der Waals surface area (Å²) in [5, 5.41) is 2.69. The normalized spacial score (nSPS) is 10.2. The summed E-state index contributed by atoms with van der Waals surface area (Å²) in [6.07, 6.45) is 0.932. The molecule has 2 aromatic carbocycles. The van der Waals surface area contributed by atoms with Crippen LogP contribution in [0.15, 0.2) is 42.5 Å². The third-order valence-electron chi connectivity index (χ3n) is 2.85. The monoisotopic (exact) mass is 288 g/mol. The average Bonchev–Trinajstić information content (AvgIpc) is 2.49. The van der Waals surface area contributed by atoms with E-state index in [-0.39, 0.29) is 11.3 Å². The number of rotatable bonds is 5. The van der Waals surface area contributed by atoms with E-state index in [4.69, 9.17) is 10.5 Å². The Morgan fingerprint density at radius 1 is 1.24 bits per heavy atom. The molecule has 0 aromatic heterocycles. The molecule has 0 fully saturated rings. The molecule has 0 bridgehead atoms. The molecule has 2 rings (SSSR count). The number of carbonyl (C=O) groups is 1. The molecule has 0 saturated heterocycles. The highest BCUT2D eigenvalue weighted by atomic mass is 19.1. The van der Waals surface area contributed by atoms with Gasteiger partial charge in [0, 0.05) is 11.3 Å². The lowest BCUT2D eigenvalue weighted by atomic mass is 10.2. The number of nitrogens with two attached hydrogens (primary N) is 1. The van der Waals surface area contributed by atoms with Gasteiger partial charge in [0.1, 0.15) is 11.6 Å². The maximum absolute atomic E-state index is 13.3. The molecule has 0 heterocycles. The summed E-state index contributed by atoms with van der Waals surface area (Å²) >= 11 is 0. The van der Waals surface area contributed by atoms with E-state index in [2.05, 4.69) is 5.32 Å². The Morgan fingerprint density at radius 2 is 1.95 bits per heavy atom. The maximum Gasteiger partial charge on any atom is 0.255 e. The number of benzene rings is 2. The molecule has 1 amide bonds. The van der Waals surface area contributed by atoms with Crippen LogP contribution in [0, 0.1) is 5.82 Å². The predicted molar refractivity (Wildman–Crippen MR) is 81.0 cm³/mol. The third-order valence-corrected chi connectivity index (χ3v) is 2.85. The van der Waals surface area contributed by atoms with Gasteiger partial charge in [-0.15, -0.1) is 0 Å². The minimum Gasteiger partial charge on any atom is -0.494 e. The molecule has 0 saturated carbocycles. The highest BCUT2D eigenvalue weighted by molar-refractivity contribution is 6.04. The van der Waals surface area contributed by atoms with E-state index in [1.807, 2.05) is 6.92 Å². The summed E-state index contributed by atoms with van der Waals surface area (Å²) in [4.78, 5) is 12.0. The Bertz CT molecular complexity index is 627. The Balaban J connectivity index is 2.03. The SMILES string of the molecule is CCCOc1ccc(NC(=O)c2ccc(N)c(F)c2)cc1. The van der Waals surface area contributed by atoms with Gasteiger partial charge in [-0.1, -0.05) is 6.92 Å². The van der Waals surface area contributed by atoms with Crippen molar-refractivity contribution in [2.24, 2.45) is 0 Å². The maximum atomic E-state index is 13.3. The zero-order chi connectivity index (χ0) is 15.2. The highest BCUT2D eigenvalue weighted by Crippen LogP contribution is 2.18. The number of hydrogen-bond acceptors (Lipinski definition) is 3. The zero-order valence-corrected chi connectivity index (χ0v) is 11.7. The van der Waals surface area contributed by atoms with Gasteiger partial charge in [0.05, 0.1) is 12.3 Å². The zero-order valence-electron chi connectivity index (χ0n) is 11.7. The lowest BCUT2D eigenvalue weighted by molar-refractivity contribution is 0.102. The summed E-state index contributed by atoms with van der Waals surface area (Å²) in [7, 11) is 0. The molecule has 0 atom stereocenters. The first kappa shape index (κ1) is 14.8. The first-order valence-electron chi connectivity index (χ1n) is 6.69. The number of halogens is 1. The summed E-state index contributed by atoms with van der Waals surface area (Å²) in [6, 6.07) is 11.0. The van der Waals surface area contributed by atoms with E-state index in [9.17, 15) is 9.18 Å². The summed E-state index contributed by atoms with van der Waals surface area (Å²) in [5.74, 6) is -0.254. The largest absolute Gasteiger partial charge is 0.494 e. The van der Waals surface area contributed by atoms with Crippen molar-refractivity contribution in [1.29, 1.82) is 0 Å². The number of carbonyl (C=O) groups excluding carboxylic acids is 1. The first-order valence-corrected chi connectivity index (χ1v) is 6.69. The molecule has 2 aromatic rings. The molecule has 0 unspecified atom stereocenters. The Kier molecular flexibility index (Phi) is 4.77. The topological polar surface area (TPSA) is 64.3 Å². The van der Waals surface area contributed by atoms with Gasteiger partial charge in [-0.25, -0.2) is 4.39 Å². The number of ether oxygens (including phenoxy) is 1. The van der Waals surface area contributed by atoms with Crippen molar-refractivity contribution < 1.29 is 13.9 Å². The Morgan fingerprint density at radius 3 is 2.57 bits per heavy atom. The van der Waals surface area contributed by atoms with Crippen molar-refractivity contribution in [3.8, 4) is 5.75 Å². The minimum atomic E-state index is -0.606. The number of anilines is 2. The molecule has 4 nitrogen and oxygen atoms in total. The van der Waals surface area contributed by atoms with Gasteiger partial charge in [-0.3, -0.25) is 4.79 Å². The Hall–Kier alpha value is -2.56. The number of nitrogen functional groups attached to an aromatic ring is 1. The fraction of sp³-hybridized carbons (Fsp3) is 0.188. The third kappa shape index (κ3) is 3.95. The molecule has 0 spiro atoms. The van der Waals surface area contributed by atoms with Crippen molar-refractivity contribution in [3.63, 3.8) is 0 Å². The molecule has 0 radical (unpaired) electrons. The first-order chi connectivity index (χ1) is 10.1. The molecular weight excluding hydrogens is 271 g/mol. The summed E-state index contributed by atoms with van der Waals surface area (Å²) in [6.45, 7) is 2.68. The van der Waals surface area contributed by atoms with Crippen LogP contribution in [0.1, 0.15) is 23.7 Å². The number of hydrogen-bond donors (Lipinski definition) is 2. The van der Waals surface area contributed by atoms with Gasteiger partial charge in [0.15, 0.2) is 0 Å². The van der Waals surface area contributed by atoms with Crippen molar-refractivity contribution in [2.75, 3.05) is 17.7 Å². The van der Waals surface area contributed by atoms with Crippen molar-refractivity contribution >= 4 is 17.3 Å². The van der Waals surface area contributed by atoms with Crippen LogP contribution in [-0.4, -0.2) is 12.5 Å². The standard InChI is InChI=1S/C16H17FN2O2/c1-2-9-21-13-6-4-12(5-7-13)19-16(20)11-3-8-15(18)14(17)10-11/h3-8,10H,2,9,18H2,1H3,(H,19,20). The molecule has 5 heteroatoms. The van der Waals surface area contributed by atoms with Crippen LogP contribution in [0.4, 0.5) is 15.8 Å². The van der Waals surface area contributed by atoms with Gasteiger partial charge in [-0.2, -0.15) is 0 Å². The molecule has 110 valence electrons. The van der Waals surface area contributed by atoms with Crippen LogP contribution in [0.5, 0.6) is 5.75 Å². The molecule has 0 aliphatic heterocycles. The van der Waals surface area contributed by atoms with Crippen LogP contribution in [-0.2, 0) is 0 Å². The van der Waals surface area contributed by atoms with Crippen LogP contribution in [0.3, 0.4) is 0 Å². The predicted octanol–water partition coefficient (Wildman–Crippen LogP) is 3.45. The van der Waals surface area contributed by atoms with Gasteiger partial charge < -0.3 is 15.8 Å².